The van der Waals surface area contributed by atoms with E-state index in [0.29, 0.717) is 6.42 Å². The summed E-state index contributed by atoms with van der Waals surface area (Å²) in [6, 6.07) is 25.9. The number of aromatic nitrogens is 2. The maximum absolute atomic E-state index is 12.1. The van der Waals surface area contributed by atoms with E-state index in [1.807, 2.05) is 89.8 Å². The molecule has 1 heterocycles. The summed E-state index contributed by atoms with van der Waals surface area (Å²) >= 11 is 0. The Kier molecular flexibility index (Phi) is 4.48. The first-order valence-electron chi connectivity index (χ1n) is 8.66. The summed E-state index contributed by atoms with van der Waals surface area (Å²) in [5, 5.41) is 2.96. The number of imidazole rings is 1. The summed E-state index contributed by atoms with van der Waals surface area (Å²) in [4.78, 5) is 16.6. The van der Waals surface area contributed by atoms with Crippen molar-refractivity contribution in [2.75, 3.05) is 5.32 Å². The predicted octanol–water partition coefficient (Wildman–Crippen LogP) is 4.60. The average Bonchev–Trinajstić information content (AvgIpc) is 3.12. The van der Waals surface area contributed by atoms with Gasteiger partial charge in [0.1, 0.15) is 6.33 Å². The summed E-state index contributed by atoms with van der Waals surface area (Å²) in [5.74, 6) is 0.0229. The largest absolute Gasteiger partial charge is 0.326 e. The summed E-state index contributed by atoms with van der Waals surface area (Å²) in [5.41, 5.74) is 5.01. The van der Waals surface area contributed by atoms with Crippen molar-refractivity contribution in [2.24, 2.45) is 0 Å². The number of para-hydroxylation sites is 2. The maximum Gasteiger partial charge on any atom is 0.224 e. The van der Waals surface area contributed by atoms with Gasteiger partial charge in [0.05, 0.1) is 11.0 Å². The lowest BCUT2D eigenvalue weighted by molar-refractivity contribution is -0.116. The van der Waals surface area contributed by atoms with Crippen molar-refractivity contribution in [1.82, 2.24) is 9.55 Å². The Balaban J connectivity index is 1.42. The smallest absolute Gasteiger partial charge is 0.224 e. The molecule has 0 radical (unpaired) electrons. The number of nitrogens with one attached hydrogen (secondary N) is 1. The first-order valence-corrected chi connectivity index (χ1v) is 8.66. The van der Waals surface area contributed by atoms with Crippen LogP contribution in [-0.2, 0) is 11.2 Å². The van der Waals surface area contributed by atoms with E-state index in [2.05, 4.69) is 10.3 Å². The summed E-state index contributed by atoms with van der Waals surface area (Å²) in [6.45, 7) is 0. The second-order valence-corrected chi connectivity index (χ2v) is 6.18. The average molecular weight is 341 g/mol. The van der Waals surface area contributed by atoms with Gasteiger partial charge in [-0.2, -0.15) is 0 Å². The Morgan fingerprint density at radius 3 is 2.42 bits per heavy atom. The molecule has 26 heavy (non-hydrogen) atoms. The van der Waals surface area contributed by atoms with Crippen molar-refractivity contribution < 1.29 is 4.79 Å². The van der Waals surface area contributed by atoms with Gasteiger partial charge in [0.25, 0.3) is 0 Å². The number of benzene rings is 3. The number of carbonyl (C=O) groups excluding carboxylic acids is 1. The van der Waals surface area contributed by atoms with Gasteiger partial charge in [0.2, 0.25) is 5.91 Å². The lowest BCUT2D eigenvalue weighted by atomic mass is 10.1. The Morgan fingerprint density at radius 1 is 0.885 bits per heavy atom. The van der Waals surface area contributed by atoms with Gasteiger partial charge in [0, 0.05) is 17.8 Å². The zero-order valence-corrected chi connectivity index (χ0v) is 14.3. The summed E-state index contributed by atoms with van der Waals surface area (Å²) in [7, 11) is 0. The normalized spacial score (nSPS) is 10.8. The number of hydrogen-bond acceptors (Lipinski definition) is 2. The fourth-order valence-corrected chi connectivity index (χ4v) is 3.00. The van der Waals surface area contributed by atoms with Crippen LogP contribution in [0.15, 0.2) is 85.2 Å². The van der Waals surface area contributed by atoms with E-state index in [-0.39, 0.29) is 5.91 Å². The molecule has 4 aromatic rings. The quantitative estimate of drug-likeness (QED) is 0.577. The van der Waals surface area contributed by atoms with Gasteiger partial charge >= 0.3 is 0 Å². The van der Waals surface area contributed by atoms with Crippen LogP contribution >= 0.6 is 0 Å². The molecule has 1 aromatic heterocycles. The zero-order chi connectivity index (χ0) is 17.8. The van der Waals surface area contributed by atoms with Crippen LogP contribution in [-0.4, -0.2) is 15.5 Å². The molecule has 0 aliphatic heterocycles. The fourth-order valence-electron chi connectivity index (χ4n) is 3.00. The first kappa shape index (κ1) is 16.1. The van der Waals surface area contributed by atoms with Crippen LogP contribution in [0.5, 0.6) is 0 Å². The molecule has 4 rings (SSSR count). The van der Waals surface area contributed by atoms with Crippen LogP contribution in [0, 0.1) is 0 Å². The number of hydrogen-bond donors (Lipinski definition) is 1. The van der Waals surface area contributed by atoms with Crippen molar-refractivity contribution in [2.45, 2.75) is 12.8 Å². The minimum absolute atomic E-state index is 0.0229. The number of carbonyl (C=O) groups is 1. The molecule has 0 saturated carbocycles. The van der Waals surface area contributed by atoms with E-state index in [1.165, 1.54) is 5.56 Å². The second kappa shape index (κ2) is 7.23. The third-order valence-electron chi connectivity index (χ3n) is 4.37. The van der Waals surface area contributed by atoms with E-state index < -0.39 is 0 Å². The van der Waals surface area contributed by atoms with Crippen molar-refractivity contribution >= 4 is 22.6 Å². The lowest BCUT2D eigenvalue weighted by Gasteiger charge is -2.08. The minimum atomic E-state index is 0.0229. The third kappa shape index (κ3) is 3.49. The summed E-state index contributed by atoms with van der Waals surface area (Å²) < 4.78 is 2.04. The number of rotatable bonds is 5. The van der Waals surface area contributed by atoms with Crippen LogP contribution in [0.1, 0.15) is 12.0 Å². The highest BCUT2D eigenvalue weighted by molar-refractivity contribution is 5.91. The highest BCUT2D eigenvalue weighted by atomic mass is 16.1. The molecule has 1 amide bonds. The van der Waals surface area contributed by atoms with Crippen molar-refractivity contribution in [1.29, 1.82) is 0 Å². The topological polar surface area (TPSA) is 46.9 Å². The lowest BCUT2D eigenvalue weighted by Crippen LogP contribution is -2.12. The Labute approximate surface area is 152 Å². The molecule has 0 fully saturated rings. The molecule has 3 aromatic carbocycles. The van der Waals surface area contributed by atoms with Crippen molar-refractivity contribution in [3.63, 3.8) is 0 Å². The molecule has 0 spiro atoms. The first-order chi connectivity index (χ1) is 12.8. The molecular weight excluding hydrogens is 322 g/mol. The molecule has 1 N–H and O–H groups in total. The number of fused-ring (bicyclic) bond motifs is 1. The molecular formula is C22H19N3O. The van der Waals surface area contributed by atoms with Gasteiger partial charge in [-0.05, 0) is 48.4 Å². The number of nitrogens with zero attached hydrogens (tertiary/aromatic N) is 2. The van der Waals surface area contributed by atoms with Crippen molar-refractivity contribution in [3.8, 4) is 5.69 Å². The van der Waals surface area contributed by atoms with Crippen LogP contribution in [0.4, 0.5) is 5.69 Å². The second-order valence-electron chi connectivity index (χ2n) is 6.18. The number of aryl methyl sites for hydroxylation is 1. The molecule has 4 heteroatoms. The van der Waals surface area contributed by atoms with E-state index >= 15 is 0 Å². The van der Waals surface area contributed by atoms with E-state index in [4.69, 9.17) is 0 Å². The predicted molar refractivity (Wildman–Crippen MR) is 104 cm³/mol. The van der Waals surface area contributed by atoms with Crippen LogP contribution in [0.2, 0.25) is 0 Å². The molecule has 0 unspecified atom stereocenters. The number of anilines is 1. The van der Waals surface area contributed by atoms with Crippen LogP contribution in [0.3, 0.4) is 0 Å². The van der Waals surface area contributed by atoms with Gasteiger partial charge in [0.15, 0.2) is 0 Å². The molecule has 128 valence electrons. The standard InChI is InChI=1S/C22H19N3O/c26-22(15-10-17-6-2-1-3-7-17)24-18-11-13-19(14-12-18)25-16-23-20-8-4-5-9-21(20)25/h1-9,11-14,16H,10,15H2,(H,24,26). The third-order valence-corrected chi connectivity index (χ3v) is 4.37. The van der Waals surface area contributed by atoms with Crippen LogP contribution in [0.25, 0.3) is 16.7 Å². The van der Waals surface area contributed by atoms with Gasteiger partial charge in [-0.1, -0.05) is 42.5 Å². The van der Waals surface area contributed by atoms with E-state index in [0.717, 1.165) is 28.8 Å². The SMILES string of the molecule is O=C(CCc1ccccc1)Nc1ccc(-n2cnc3ccccc32)cc1. The van der Waals surface area contributed by atoms with E-state index in [1.54, 1.807) is 0 Å². The van der Waals surface area contributed by atoms with Gasteiger partial charge in [-0.25, -0.2) is 4.98 Å². The number of amides is 1. The highest BCUT2D eigenvalue weighted by Crippen LogP contribution is 2.19. The Bertz CT molecular complexity index is 1020. The van der Waals surface area contributed by atoms with Gasteiger partial charge in [-0.3, -0.25) is 9.36 Å². The minimum Gasteiger partial charge on any atom is -0.326 e. The highest BCUT2D eigenvalue weighted by Gasteiger charge is 2.06. The zero-order valence-electron chi connectivity index (χ0n) is 14.3. The molecule has 0 bridgehead atoms. The van der Waals surface area contributed by atoms with Gasteiger partial charge in [-0.15, -0.1) is 0 Å². The maximum atomic E-state index is 12.1. The molecule has 0 aliphatic rings. The van der Waals surface area contributed by atoms with Crippen molar-refractivity contribution in [3.05, 3.63) is 90.8 Å². The summed E-state index contributed by atoms with van der Waals surface area (Å²) in [6.07, 6.45) is 3.03. The molecule has 0 aliphatic carbocycles. The van der Waals surface area contributed by atoms with Gasteiger partial charge < -0.3 is 5.32 Å². The monoisotopic (exact) mass is 341 g/mol. The van der Waals surface area contributed by atoms with E-state index in [9.17, 15) is 4.79 Å². The molecule has 0 saturated heterocycles. The Hall–Kier alpha value is -3.40. The van der Waals surface area contributed by atoms with Crippen LogP contribution < -0.4 is 5.32 Å². The Morgan fingerprint density at radius 2 is 1.62 bits per heavy atom. The fraction of sp³-hybridized carbons (Fsp3) is 0.0909. The molecule has 4 nitrogen and oxygen atoms in total. The molecule has 0 atom stereocenters.